The van der Waals surface area contributed by atoms with Crippen molar-refractivity contribution in [1.82, 2.24) is 4.98 Å². The van der Waals surface area contributed by atoms with Crippen LogP contribution < -0.4 is 4.90 Å². The number of hydrogen-bond donors (Lipinski definition) is 0. The summed E-state index contributed by atoms with van der Waals surface area (Å²) in [7, 11) is 0. The number of pyridine rings is 1. The van der Waals surface area contributed by atoms with Gasteiger partial charge in [0, 0.05) is 27.7 Å². The molecule has 8 aromatic rings. The van der Waals surface area contributed by atoms with Crippen LogP contribution in [0, 0.1) is 0 Å². The van der Waals surface area contributed by atoms with Gasteiger partial charge in [-0.3, -0.25) is 4.98 Å². The number of anilines is 3. The number of rotatable bonds is 6. The first-order chi connectivity index (χ1) is 21.8. The Kier molecular flexibility index (Phi) is 6.71. The molecular weight excluding hydrogens is 553 g/mol. The third kappa shape index (κ3) is 4.84. The highest BCUT2D eigenvalue weighted by atomic mass is 32.1. The summed E-state index contributed by atoms with van der Waals surface area (Å²) in [6.07, 6.45) is 1.94. The van der Waals surface area contributed by atoms with Crippen molar-refractivity contribution >= 4 is 48.7 Å². The van der Waals surface area contributed by atoms with Crippen molar-refractivity contribution in [1.29, 1.82) is 0 Å². The smallest absolute Gasteiger partial charge is 0.0909 e. The molecule has 44 heavy (non-hydrogen) atoms. The minimum Gasteiger partial charge on any atom is -0.309 e. The van der Waals surface area contributed by atoms with Gasteiger partial charge in [0.05, 0.1) is 15.9 Å². The van der Waals surface area contributed by atoms with Crippen molar-refractivity contribution in [2.24, 2.45) is 0 Å². The van der Waals surface area contributed by atoms with Gasteiger partial charge in [-0.25, -0.2) is 0 Å². The van der Waals surface area contributed by atoms with Gasteiger partial charge in [0.25, 0.3) is 0 Å². The van der Waals surface area contributed by atoms with Crippen LogP contribution >= 0.6 is 11.3 Å². The molecule has 0 aliphatic rings. The van der Waals surface area contributed by atoms with E-state index < -0.39 is 0 Å². The average Bonchev–Trinajstić information content (AvgIpc) is 3.50. The highest BCUT2D eigenvalue weighted by molar-refractivity contribution is 7.26. The van der Waals surface area contributed by atoms with Gasteiger partial charge in [-0.05, 0) is 69.8 Å². The van der Waals surface area contributed by atoms with E-state index >= 15 is 0 Å². The predicted octanol–water partition coefficient (Wildman–Crippen LogP) is 11.9. The number of thiophene rings is 1. The number of aromatic nitrogens is 1. The van der Waals surface area contributed by atoms with E-state index in [0.717, 1.165) is 22.6 Å². The molecule has 2 heterocycles. The standard InChI is InChI=1S/C41H28N2S/c1-3-9-29(10-4-1)31-15-17-32(18-16-31)34-21-25-36(26-22-34)43(35-23-19-33(20-24-35)30-11-5-2-6-12-30)38-27-28-42-40-37-13-7-8-14-39(37)44-41(38)40/h1-28H. The Morgan fingerprint density at radius 1 is 0.409 bits per heavy atom. The fraction of sp³-hybridized carbons (Fsp3) is 0. The number of fused-ring (bicyclic) bond motifs is 3. The largest absolute Gasteiger partial charge is 0.309 e. The third-order valence-corrected chi connectivity index (χ3v) is 9.34. The predicted molar refractivity (Wildman–Crippen MR) is 188 cm³/mol. The van der Waals surface area contributed by atoms with E-state index in [4.69, 9.17) is 4.98 Å². The third-order valence-electron chi connectivity index (χ3n) is 8.16. The van der Waals surface area contributed by atoms with Gasteiger partial charge in [0.15, 0.2) is 0 Å². The van der Waals surface area contributed by atoms with Gasteiger partial charge in [-0.2, -0.15) is 0 Å². The van der Waals surface area contributed by atoms with Gasteiger partial charge < -0.3 is 4.90 Å². The average molecular weight is 581 g/mol. The first-order valence-electron chi connectivity index (χ1n) is 14.8. The Hall–Kier alpha value is -5.51. The molecule has 8 rings (SSSR count). The Morgan fingerprint density at radius 2 is 0.841 bits per heavy atom. The molecule has 2 aromatic heterocycles. The second kappa shape index (κ2) is 11.3. The molecule has 0 fully saturated rings. The maximum absolute atomic E-state index is 4.82. The van der Waals surface area contributed by atoms with Crippen LogP contribution in [0.4, 0.5) is 17.1 Å². The maximum atomic E-state index is 4.82. The number of nitrogens with zero attached hydrogens (tertiary/aromatic N) is 2. The SMILES string of the molecule is c1ccc(-c2ccc(-c3ccc(N(c4ccc(-c5ccccc5)cc4)c4ccnc5c4sc4ccccc45)cc3)cc2)cc1. The summed E-state index contributed by atoms with van der Waals surface area (Å²) >= 11 is 1.80. The molecule has 0 aliphatic heterocycles. The van der Waals surface area contributed by atoms with E-state index in [0.29, 0.717) is 0 Å². The normalized spacial score (nSPS) is 11.2. The van der Waals surface area contributed by atoms with E-state index in [9.17, 15) is 0 Å². The summed E-state index contributed by atoms with van der Waals surface area (Å²) in [5, 5.41) is 1.20. The molecule has 3 heteroatoms. The summed E-state index contributed by atoms with van der Waals surface area (Å²) in [5.41, 5.74) is 11.6. The molecule has 6 aromatic carbocycles. The Bertz CT molecular complexity index is 2180. The van der Waals surface area contributed by atoms with E-state index in [2.05, 4.69) is 169 Å². The van der Waals surface area contributed by atoms with Crippen LogP contribution in [0.25, 0.3) is 53.7 Å². The zero-order valence-electron chi connectivity index (χ0n) is 24.0. The summed E-state index contributed by atoms with van der Waals surface area (Å²) in [6, 6.07) is 58.3. The topological polar surface area (TPSA) is 16.1 Å². The zero-order valence-corrected chi connectivity index (χ0v) is 24.8. The van der Waals surface area contributed by atoms with E-state index in [1.54, 1.807) is 11.3 Å². The fourth-order valence-electron chi connectivity index (χ4n) is 5.92. The van der Waals surface area contributed by atoms with Crippen LogP contribution in [0.15, 0.2) is 170 Å². The first-order valence-corrected chi connectivity index (χ1v) is 15.6. The highest BCUT2D eigenvalue weighted by Gasteiger charge is 2.19. The van der Waals surface area contributed by atoms with Crippen LogP contribution in [0.1, 0.15) is 0 Å². The highest BCUT2D eigenvalue weighted by Crippen LogP contribution is 2.44. The van der Waals surface area contributed by atoms with E-state index in [1.807, 2.05) is 6.20 Å². The van der Waals surface area contributed by atoms with Crippen molar-refractivity contribution in [3.8, 4) is 33.4 Å². The molecule has 0 unspecified atom stereocenters. The molecule has 0 aliphatic carbocycles. The van der Waals surface area contributed by atoms with Crippen LogP contribution in [0.3, 0.4) is 0 Å². The van der Waals surface area contributed by atoms with Crippen LogP contribution in [-0.2, 0) is 0 Å². The summed E-state index contributed by atoms with van der Waals surface area (Å²) in [4.78, 5) is 7.18. The van der Waals surface area contributed by atoms with Crippen molar-refractivity contribution < 1.29 is 0 Å². The Labute approximate surface area is 261 Å². The van der Waals surface area contributed by atoms with Gasteiger partial charge in [0.1, 0.15) is 0 Å². The van der Waals surface area contributed by atoms with E-state index in [1.165, 1.54) is 48.2 Å². The minimum atomic E-state index is 1.05. The first kappa shape index (κ1) is 26.1. The van der Waals surface area contributed by atoms with Gasteiger partial charge in [-0.1, -0.05) is 127 Å². The van der Waals surface area contributed by atoms with Crippen molar-refractivity contribution in [2.75, 3.05) is 4.90 Å². The molecule has 0 amide bonds. The number of benzene rings is 6. The molecule has 0 saturated carbocycles. The maximum Gasteiger partial charge on any atom is 0.0909 e. The second-order valence-corrected chi connectivity index (χ2v) is 11.9. The van der Waals surface area contributed by atoms with Gasteiger partial charge in [-0.15, -0.1) is 11.3 Å². The zero-order chi connectivity index (χ0) is 29.3. The summed E-state index contributed by atoms with van der Waals surface area (Å²) < 4.78 is 2.43. The van der Waals surface area contributed by atoms with Crippen LogP contribution in [0.2, 0.25) is 0 Å². The Balaban J connectivity index is 1.21. The van der Waals surface area contributed by atoms with Crippen LogP contribution in [0.5, 0.6) is 0 Å². The molecule has 0 bridgehead atoms. The minimum absolute atomic E-state index is 1.05. The van der Waals surface area contributed by atoms with Gasteiger partial charge >= 0.3 is 0 Å². The molecule has 0 atom stereocenters. The van der Waals surface area contributed by atoms with Crippen LogP contribution in [-0.4, -0.2) is 4.98 Å². The molecule has 0 saturated heterocycles. The monoisotopic (exact) mass is 580 g/mol. The molecule has 208 valence electrons. The molecule has 0 radical (unpaired) electrons. The van der Waals surface area contributed by atoms with Crippen molar-refractivity contribution in [2.45, 2.75) is 0 Å². The fourth-order valence-corrected chi connectivity index (χ4v) is 7.08. The lowest BCUT2D eigenvalue weighted by Crippen LogP contribution is -2.10. The quantitative estimate of drug-likeness (QED) is 0.194. The lowest BCUT2D eigenvalue weighted by Gasteiger charge is -2.26. The van der Waals surface area contributed by atoms with E-state index in [-0.39, 0.29) is 0 Å². The molecule has 2 nitrogen and oxygen atoms in total. The number of hydrogen-bond acceptors (Lipinski definition) is 3. The summed E-state index contributed by atoms with van der Waals surface area (Å²) in [6.45, 7) is 0. The lowest BCUT2D eigenvalue weighted by atomic mass is 10.00. The van der Waals surface area contributed by atoms with Gasteiger partial charge in [0.2, 0.25) is 0 Å². The second-order valence-electron chi connectivity index (χ2n) is 10.8. The molecule has 0 spiro atoms. The lowest BCUT2D eigenvalue weighted by molar-refractivity contribution is 1.29. The summed E-state index contributed by atoms with van der Waals surface area (Å²) in [5.74, 6) is 0. The van der Waals surface area contributed by atoms with Crippen molar-refractivity contribution in [3.63, 3.8) is 0 Å². The van der Waals surface area contributed by atoms with Crippen molar-refractivity contribution in [3.05, 3.63) is 170 Å². The Morgan fingerprint density at radius 3 is 1.36 bits per heavy atom. The molecule has 0 N–H and O–H groups in total. The molecular formula is C41H28N2S.